The smallest absolute Gasteiger partial charge is 0.257 e. The summed E-state index contributed by atoms with van der Waals surface area (Å²) >= 11 is 0. The van der Waals surface area contributed by atoms with Gasteiger partial charge < -0.3 is 14.6 Å². The summed E-state index contributed by atoms with van der Waals surface area (Å²) in [6.07, 6.45) is 4.82. The summed E-state index contributed by atoms with van der Waals surface area (Å²) in [5.74, 6) is 1.65. The molecule has 160 valence electrons. The molecule has 0 amide bonds. The molecule has 8 heteroatoms. The molecule has 1 aromatic carbocycles. The quantitative estimate of drug-likeness (QED) is 0.646. The van der Waals surface area contributed by atoms with Crippen LogP contribution in [-0.4, -0.2) is 38.3 Å². The van der Waals surface area contributed by atoms with Crippen molar-refractivity contribution in [3.63, 3.8) is 0 Å². The van der Waals surface area contributed by atoms with E-state index in [4.69, 9.17) is 4.74 Å². The summed E-state index contributed by atoms with van der Waals surface area (Å²) in [4.78, 5) is 17.2. The largest absolute Gasteiger partial charge is 0.497 e. The van der Waals surface area contributed by atoms with Crippen molar-refractivity contribution >= 4 is 10.9 Å². The Morgan fingerprint density at radius 3 is 2.67 bits per heavy atom. The molecule has 0 saturated heterocycles. The Morgan fingerprint density at radius 1 is 1.20 bits per heavy atom. The van der Waals surface area contributed by atoms with E-state index in [1.54, 1.807) is 7.11 Å². The van der Waals surface area contributed by atoms with Crippen molar-refractivity contribution in [1.29, 1.82) is 0 Å². The number of ether oxygens (including phenoxy) is 1. The molecule has 1 aliphatic carbocycles. The SMILES string of the molecule is COc1ccc2[nH]c(=O)c(C[NH+](Cc3nnnn3C(C)(C)C)C3CCCC3)cc2c1. The highest BCUT2D eigenvalue weighted by Crippen LogP contribution is 2.20. The molecule has 3 aromatic rings. The number of hydrogen-bond donors (Lipinski definition) is 2. The molecule has 1 atom stereocenters. The van der Waals surface area contributed by atoms with Crippen LogP contribution >= 0.6 is 0 Å². The van der Waals surface area contributed by atoms with Gasteiger partial charge in [0.05, 0.1) is 24.3 Å². The van der Waals surface area contributed by atoms with Gasteiger partial charge in [0.15, 0.2) is 0 Å². The van der Waals surface area contributed by atoms with Gasteiger partial charge in [-0.25, -0.2) is 4.68 Å². The zero-order chi connectivity index (χ0) is 21.3. The second-order valence-corrected chi connectivity index (χ2v) is 9.25. The number of aromatic nitrogens is 5. The lowest BCUT2D eigenvalue weighted by Gasteiger charge is -2.27. The van der Waals surface area contributed by atoms with E-state index in [9.17, 15) is 4.79 Å². The molecule has 0 bridgehead atoms. The van der Waals surface area contributed by atoms with E-state index in [-0.39, 0.29) is 11.1 Å². The van der Waals surface area contributed by atoms with E-state index in [2.05, 4.69) is 41.3 Å². The van der Waals surface area contributed by atoms with Crippen molar-refractivity contribution in [2.24, 2.45) is 0 Å². The van der Waals surface area contributed by atoms with Crippen molar-refractivity contribution < 1.29 is 9.64 Å². The van der Waals surface area contributed by atoms with Crippen LogP contribution in [0.5, 0.6) is 5.75 Å². The molecule has 1 fully saturated rings. The second-order valence-electron chi connectivity index (χ2n) is 9.25. The number of benzene rings is 1. The highest BCUT2D eigenvalue weighted by Gasteiger charge is 2.30. The van der Waals surface area contributed by atoms with Crippen LogP contribution in [0.1, 0.15) is 57.8 Å². The van der Waals surface area contributed by atoms with Crippen LogP contribution in [0.4, 0.5) is 0 Å². The Kier molecular flexibility index (Phi) is 5.60. The first-order valence-electron chi connectivity index (χ1n) is 10.7. The number of pyridine rings is 1. The minimum Gasteiger partial charge on any atom is -0.497 e. The summed E-state index contributed by atoms with van der Waals surface area (Å²) in [6.45, 7) is 7.64. The van der Waals surface area contributed by atoms with Crippen molar-refractivity contribution in [2.45, 2.75) is 71.1 Å². The van der Waals surface area contributed by atoms with E-state index in [0.29, 0.717) is 19.1 Å². The Labute approximate surface area is 176 Å². The van der Waals surface area contributed by atoms with Crippen LogP contribution in [0.3, 0.4) is 0 Å². The Bertz CT molecular complexity index is 1080. The monoisotopic (exact) mass is 411 g/mol. The number of H-pyrrole nitrogens is 1. The maximum atomic E-state index is 12.8. The van der Waals surface area contributed by atoms with E-state index >= 15 is 0 Å². The third-order valence-electron chi connectivity index (χ3n) is 6.03. The van der Waals surface area contributed by atoms with Gasteiger partial charge >= 0.3 is 0 Å². The first kappa shape index (κ1) is 20.5. The molecule has 1 unspecified atom stereocenters. The molecule has 0 aliphatic heterocycles. The number of quaternary nitrogens is 1. The summed E-state index contributed by atoms with van der Waals surface area (Å²) in [6, 6.07) is 8.22. The predicted molar refractivity (Wildman–Crippen MR) is 115 cm³/mol. The van der Waals surface area contributed by atoms with Crippen LogP contribution in [0.15, 0.2) is 29.1 Å². The number of nitrogens with zero attached hydrogens (tertiary/aromatic N) is 4. The highest BCUT2D eigenvalue weighted by atomic mass is 16.5. The summed E-state index contributed by atoms with van der Waals surface area (Å²) in [5.41, 5.74) is 1.39. The van der Waals surface area contributed by atoms with E-state index in [0.717, 1.165) is 28.0 Å². The number of nitrogens with one attached hydrogen (secondary N) is 2. The zero-order valence-electron chi connectivity index (χ0n) is 18.2. The molecule has 30 heavy (non-hydrogen) atoms. The summed E-state index contributed by atoms with van der Waals surface area (Å²) < 4.78 is 7.25. The van der Waals surface area contributed by atoms with Gasteiger partial charge in [0, 0.05) is 10.9 Å². The van der Waals surface area contributed by atoms with Gasteiger partial charge in [0.2, 0.25) is 5.82 Å². The molecule has 1 saturated carbocycles. The lowest BCUT2D eigenvalue weighted by Crippen LogP contribution is -3.13. The molecule has 2 heterocycles. The fraction of sp³-hybridized carbons (Fsp3) is 0.545. The number of hydrogen-bond acceptors (Lipinski definition) is 5. The lowest BCUT2D eigenvalue weighted by atomic mass is 10.1. The van der Waals surface area contributed by atoms with Gasteiger partial charge in [0.25, 0.3) is 5.56 Å². The minimum atomic E-state index is -0.184. The summed E-state index contributed by atoms with van der Waals surface area (Å²) in [5, 5.41) is 13.4. The van der Waals surface area contributed by atoms with Gasteiger partial charge in [-0.3, -0.25) is 4.79 Å². The fourth-order valence-electron chi connectivity index (χ4n) is 4.46. The van der Waals surface area contributed by atoms with Gasteiger partial charge in [-0.2, -0.15) is 0 Å². The third-order valence-corrected chi connectivity index (χ3v) is 6.03. The lowest BCUT2D eigenvalue weighted by molar-refractivity contribution is -0.952. The number of tetrazole rings is 1. The average molecular weight is 412 g/mol. The zero-order valence-corrected chi connectivity index (χ0v) is 18.2. The van der Waals surface area contributed by atoms with Crippen molar-refractivity contribution in [3.05, 3.63) is 46.0 Å². The van der Waals surface area contributed by atoms with Crippen molar-refractivity contribution in [1.82, 2.24) is 25.2 Å². The first-order chi connectivity index (χ1) is 14.3. The molecule has 8 nitrogen and oxygen atoms in total. The Balaban J connectivity index is 1.66. The minimum absolute atomic E-state index is 0.0291. The third kappa shape index (κ3) is 4.23. The standard InChI is InChI=1S/C22H30N6O2/c1-22(2,3)28-20(24-25-26-28)14-27(17-7-5-6-8-17)13-16-11-15-12-18(30-4)9-10-19(15)23-21(16)29/h9-12,17H,5-8,13-14H2,1-4H3,(H,23,29)/p+1. The molecule has 4 rings (SSSR count). The molecule has 2 aromatic heterocycles. The molecule has 0 radical (unpaired) electrons. The van der Waals surface area contributed by atoms with Crippen molar-refractivity contribution in [3.8, 4) is 5.75 Å². The summed E-state index contributed by atoms with van der Waals surface area (Å²) in [7, 11) is 1.65. The molecular formula is C22H31N6O2+. The maximum Gasteiger partial charge on any atom is 0.257 e. The first-order valence-corrected chi connectivity index (χ1v) is 10.7. The number of fused-ring (bicyclic) bond motifs is 1. The number of methoxy groups -OCH3 is 1. The van der Waals surface area contributed by atoms with Gasteiger partial charge in [-0.05, 0) is 81.1 Å². The molecule has 0 spiro atoms. The fourth-order valence-corrected chi connectivity index (χ4v) is 4.46. The van der Waals surface area contributed by atoms with Crippen LogP contribution in [0, 0.1) is 0 Å². The average Bonchev–Trinajstić information content (AvgIpc) is 3.39. The molecular weight excluding hydrogens is 380 g/mol. The molecule has 2 N–H and O–H groups in total. The topological polar surface area (TPSA) is 90.1 Å². The van der Waals surface area contributed by atoms with Gasteiger partial charge in [0.1, 0.15) is 18.8 Å². The van der Waals surface area contributed by atoms with Crippen molar-refractivity contribution in [2.75, 3.05) is 7.11 Å². The van der Waals surface area contributed by atoms with Crippen LogP contribution in [-0.2, 0) is 18.6 Å². The van der Waals surface area contributed by atoms with Gasteiger partial charge in [-0.1, -0.05) is 0 Å². The maximum absolute atomic E-state index is 12.8. The van der Waals surface area contributed by atoms with Crippen LogP contribution in [0.25, 0.3) is 10.9 Å². The van der Waals surface area contributed by atoms with Gasteiger partial charge in [-0.15, -0.1) is 5.10 Å². The number of rotatable bonds is 6. The normalized spacial score (nSPS) is 16.3. The predicted octanol–water partition coefficient (Wildman–Crippen LogP) is 1.81. The van der Waals surface area contributed by atoms with Crippen LogP contribution < -0.4 is 15.2 Å². The Hall–Kier alpha value is -2.74. The van der Waals surface area contributed by atoms with E-state index in [1.165, 1.54) is 30.6 Å². The second kappa shape index (κ2) is 8.18. The van der Waals surface area contributed by atoms with Crippen LogP contribution in [0.2, 0.25) is 0 Å². The highest BCUT2D eigenvalue weighted by molar-refractivity contribution is 5.80. The number of aromatic amines is 1. The molecule has 1 aliphatic rings. The van der Waals surface area contributed by atoms with E-state index in [1.807, 2.05) is 28.9 Å². The van der Waals surface area contributed by atoms with E-state index < -0.39 is 0 Å². The Morgan fingerprint density at radius 2 is 1.97 bits per heavy atom.